The summed E-state index contributed by atoms with van der Waals surface area (Å²) in [6, 6.07) is 13.4. The van der Waals surface area contributed by atoms with Crippen molar-refractivity contribution < 1.29 is 4.74 Å². The summed E-state index contributed by atoms with van der Waals surface area (Å²) in [6.07, 6.45) is 3.45. The molecule has 1 aromatic carbocycles. The number of benzene rings is 1. The van der Waals surface area contributed by atoms with Crippen LogP contribution in [0.4, 0.5) is 11.5 Å². The molecule has 3 aromatic heterocycles. The quantitative estimate of drug-likeness (QED) is 0.618. The molecule has 7 heteroatoms. The second-order valence-electron chi connectivity index (χ2n) is 5.53. The number of nitrogens with zero attached hydrogens (tertiary/aromatic N) is 5. The van der Waals surface area contributed by atoms with Crippen molar-refractivity contribution in [3.8, 4) is 17.1 Å². The maximum Gasteiger partial charge on any atom is 0.254 e. The standard InChI is InChI=1S/C18H16N6O/c1-12-9-16(21-14-6-3-7-15(10-14)25-2)24-18(20-12)22-17(23-24)13-5-4-8-19-11-13/h3-11,21H,1-2H3. The molecule has 0 aliphatic rings. The summed E-state index contributed by atoms with van der Waals surface area (Å²) in [6.45, 7) is 1.93. The lowest BCUT2D eigenvalue weighted by atomic mass is 10.3. The SMILES string of the molecule is COc1cccc(Nc2cc(C)nc3nc(-c4cccnc4)nn23)c1. The Morgan fingerprint density at radius 2 is 2.00 bits per heavy atom. The van der Waals surface area contributed by atoms with Gasteiger partial charge in [0.2, 0.25) is 0 Å². The van der Waals surface area contributed by atoms with Crippen LogP contribution in [0.1, 0.15) is 5.69 Å². The lowest BCUT2D eigenvalue weighted by Gasteiger charge is -2.09. The summed E-state index contributed by atoms with van der Waals surface area (Å²) in [7, 11) is 1.64. The maximum atomic E-state index is 5.27. The van der Waals surface area contributed by atoms with E-state index in [1.165, 1.54) is 0 Å². The number of rotatable bonds is 4. The molecule has 0 unspecified atom stereocenters. The molecule has 0 spiro atoms. The normalized spacial score (nSPS) is 10.8. The van der Waals surface area contributed by atoms with Crippen molar-refractivity contribution in [1.29, 1.82) is 0 Å². The smallest absolute Gasteiger partial charge is 0.254 e. The van der Waals surface area contributed by atoms with Crippen LogP contribution in [-0.2, 0) is 0 Å². The van der Waals surface area contributed by atoms with Gasteiger partial charge in [-0.2, -0.15) is 9.50 Å². The van der Waals surface area contributed by atoms with Gasteiger partial charge in [0.25, 0.3) is 5.78 Å². The van der Waals surface area contributed by atoms with Gasteiger partial charge in [-0.15, -0.1) is 5.10 Å². The molecule has 1 N–H and O–H groups in total. The largest absolute Gasteiger partial charge is 0.497 e. The number of anilines is 2. The molecule has 3 heterocycles. The summed E-state index contributed by atoms with van der Waals surface area (Å²) in [5.41, 5.74) is 2.59. The maximum absolute atomic E-state index is 5.27. The van der Waals surface area contributed by atoms with Gasteiger partial charge in [-0.05, 0) is 31.2 Å². The van der Waals surface area contributed by atoms with E-state index in [0.29, 0.717) is 11.6 Å². The van der Waals surface area contributed by atoms with E-state index in [1.807, 2.05) is 49.4 Å². The molecular weight excluding hydrogens is 316 g/mol. The predicted molar refractivity (Wildman–Crippen MR) is 95.0 cm³/mol. The minimum atomic E-state index is 0.532. The highest BCUT2D eigenvalue weighted by atomic mass is 16.5. The summed E-state index contributed by atoms with van der Waals surface area (Å²) in [4.78, 5) is 13.1. The first-order valence-electron chi connectivity index (χ1n) is 7.79. The van der Waals surface area contributed by atoms with Crippen molar-refractivity contribution in [2.24, 2.45) is 0 Å². The Kier molecular flexibility index (Phi) is 3.74. The van der Waals surface area contributed by atoms with Crippen LogP contribution in [0.25, 0.3) is 17.2 Å². The molecule has 0 saturated carbocycles. The van der Waals surface area contributed by atoms with Gasteiger partial charge in [0.05, 0.1) is 7.11 Å². The minimum absolute atomic E-state index is 0.532. The van der Waals surface area contributed by atoms with E-state index < -0.39 is 0 Å². The van der Waals surface area contributed by atoms with Crippen LogP contribution in [0.15, 0.2) is 54.9 Å². The van der Waals surface area contributed by atoms with Crippen LogP contribution in [0.3, 0.4) is 0 Å². The van der Waals surface area contributed by atoms with Gasteiger partial charge in [0, 0.05) is 41.5 Å². The first kappa shape index (κ1) is 15.1. The number of methoxy groups -OCH3 is 1. The van der Waals surface area contributed by atoms with Gasteiger partial charge in [-0.1, -0.05) is 6.07 Å². The topological polar surface area (TPSA) is 77.2 Å². The van der Waals surface area contributed by atoms with Gasteiger partial charge < -0.3 is 10.1 Å². The zero-order chi connectivity index (χ0) is 17.2. The molecule has 4 aromatic rings. The molecular formula is C18H16N6O. The monoisotopic (exact) mass is 332 g/mol. The number of fused-ring (bicyclic) bond motifs is 1. The Hall–Kier alpha value is -3.48. The van der Waals surface area contributed by atoms with Gasteiger partial charge in [0.1, 0.15) is 11.6 Å². The molecule has 124 valence electrons. The molecule has 0 atom stereocenters. The minimum Gasteiger partial charge on any atom is -0.497 e. The predicted octanol–water partition coefficient (Wildman–Crippen LogP) is 3.25. The van der Waals surface area contributed by atoms with Crippen LogP contribution in [0.2, 0.25) is 0 Å². The fraction of sp³-hybridized carbons (Fsp3) is 0.111. The van der Waals surface area contributed by atoms with E-state index in [9.17, 15) is 0 Å². The van der Waals surface area contributed by atoms with Crippen LogP contribution in [-0.4, -0.2) is 31.7 Å². The fourth-order valence-electron chi connectivity index (χ4n) is 2.54. The Bertz CT molecular complexity index is 1030. The molecule has 0 fully saturated rings. The lowest BCUT2D eigenvalue weighted by molar-refractivity contribution is 0.415. The van der Waals surface area contributed by atoms with E-state index in [0.717, 1.165) is 28.5 Å². The van der Waals surface area contributed by atoms with Crippen molar-refractivity contribution in [3.63, 3.8) is 0 Å². The van der Waals surface area contributed by atoms with Gasteiger partial charge >= 0.3 is 0 Å². The third-order valence-corrected chi connectivity index (χ3v) is 3.70. The molecule has 25 heavy (non-hydrogen) atoms. The Labute approximate surface area is 144 Å². The van der Waals surface area contributed by atoms with Gasteiger partial charge in [-0.25, -0.2) is 4.98 Å². The van der Waals surface area contributed by atoms with E-state index in [2.05, 4.69) is 25.4 Å². The lowest BCUT2D eigenvalue weighted by Crippen LogP contribution is -2.02. The van der Waals surface area contributed by atoms with Crippen LogP contribution < -0.4 is 10.1 Å². The number of ether oxygens (including phenoxy) is 1. The zero-order valence-corrected chi connectivity index (χ0v) is 13.8. The average molecular weight is 332 g/mol. The van der Waals surface area contributed by atoms with E-state index in [1.54, 1.807) is 24.0 Å². The number of hydrogen-bond donors (Lipinski definition) is 1. The fourth-order valence-corrected chi connectivity index (χ4v) is 2.54. The highest BCUT2D eigenvalue weighted by molar-refractivity contribution is 5.62. The number of hydrogen-bond acceptors (Lipinski definition) is 6. The number of aryl methyl sites for hydroxylation is 1. The van der Waals surface area contributed by atoms with E-state index in [4.69, 9.17) is 4.74 Å². The summed E-state index contributed by atoms with van der Waals surface area (Å²) in [5, 5.41) is 7.92. The van der Waals surface area contributed by atoms with Crippen LogP contribution in [0.5, 0.6) is 5.75 Å². The van der Waals surface area contributed by atoms with Crippen LogP contribution >= 0.6 is 0 Å². The zero-order valence-electron chi connectivity index (χ0n) is 13.8. The van der Waals surface area contributed by atoms with E-state index in [-0.39, 0.29) is 0 Å². The summed E-state index contributed by atoms with van der Waals surface area (Å²) < 4.78 is 6.96. The van der Waals surface area contributed by atoms with Crippen molar-refractivity contribution in [2.45, 2.75) is 6.92 Å². The first-order valence-corrected chi connectivity index (χ1v) is 7.79. The van der Waals surface area contributed by atoms with Gasteiger partial charge in [0.15, 0.2) is 5.82 Å². The number of pyridine rings is 1. The molecule has 0 amide bonds. The molecule has 4 rings (SSSR count). The molecule has 0 aliphatic heterocycles. The highest BCUT2D eigenvalue weighted by Crippen LogP contribution is 2.23. The highest BCUT2D eigenvalue weighted by Gasteiger charge is 2.12. The van der Waals surface area contributed by atoms with Crippen molar-refractivity contribution in [1.82, 2.24) is 24.6 Å². The molecule has 0 aliphatic carbocycles. The third-order valence-electron chi connectivity index (χ3n) is 3.70. The summed E-state index contributed by atoms with van der Waals surface area (Å²) in [5.74, 6) is 2.67. The van der Waals surface area contributed by atoms with Crippen molar-refractivity contribution >= 4 is 17.3 Å². The first-order chi connectivity index (χ1) is 12.2. The average Bonchev–Trinajstić information content (AvgIpc) is 3.07. The molecule has 0 bridgehead atoms. The second kappa shape index (κ2) is 6.20. The Morgan fingerprint density at radius 3 is 2.80 bits per heavy atom. The third kappa shape index (κ3) is 2.99. The van der Waals surface area contributed by atoms with Crippen LogP contribution in [0, 0.1) is 6.92 Å². The van der Waals surface area contributed by atoms with Gasteiger partial charge in [-0.3, -0.25) is 4.98 Å². The second-order valence-corrected chi connectivity index (χ2v) is 5.53. The number of nitrogens with one attached hydrogen (secondary N) is 1. The van der Waals surface area contributed by atoms with Crippen molar-refractivity contribution in [2.75, 3.05) is 12.4 Å². The molecule has 0 saturated heterocycles. The summed E-state index contributed by atoms with van der Waals surface area (Å²) >= 11 is 0. The van der Waals surface area contributed by atoms with Crippen molar-refractivity contribution in [3.05, 3.63) is 60.6 Å². The Morgan fingerprint density at radius 1 is 1.08 bits per heavy atom. The molecule has 7 nitrogen and oxygen atoms in total. The molecule has 0 radical (unpaired) electrons. The Balaban J connectivity index is 1.79. The number of aromatic nitrogens is 5. The van der Waals surface area contributed by atoms with E-state index >= 15 is 0 Å².